The van der Waals surface area contributed by atoms with Crippen LogP contribution in [-0.2, 0) is 14.1 Å². The van der Waals surface area contributed by atoms with E-state index in [2.05, 4.69) is 30.9 Å². The molecule has 10 nitrogen and oxygen atoms in total. The lowest BCUT2D eigenvalue weighted by molar-refractivity contribution is 0.101. The molecule has 0 spiro atoms. The number of pyridine rings is 1. The van der Waals surface area contributed by atoms with Gasteiger partial charge in [0.1, 0.15) is 28.9 Å². The van der Waals surface area contributed by atoms with Gasteiger partial charge in [-0.3, -0.25) is 9.48 Å². The molecule has 174 valence electrons. The summed E-state index contributed by atoms with van der Waals surface area (Å²) >= 11 is 2.81. The molecule has 34 heavy (non-hydrogen) atoms. The van der Waals surface area contributed by atoms with Crippen molar-refractivity contribution in [1.29, 1.82) is 0 Å². The lowest BCUT2D eigenvalue weighted by Crippen LogP contribution is -2.50. The highest BCUT2D eigenvalue weighted by Crippen LogP contribution is 2.34. The fourth-order valence-electron chi connectivity index (χ4n) is 3.10. The van der Waals surface area contributed by atoms with E-state index < -0.39 is 0 Å². The first-order valence-electron chi connectivity index (χ1n) is 10.5. The molecule has 0 saturated carbocycles. The molecule has 1 amide bonds. The molecule has 12 heteroatoms. The molecule has 0 unspecified atom stereocenters. The third-order valence-electron chi connectivity index (χ3n) is 4.97. The van der Waals surface area contributed by atoms with Gasteiger partial charge in [0.05, 0.1) is 0 Å². The Morgan fingerprint density at radius 2 is 1.94 bits per heavy atom. The number of aromatic nitrogens is 6. The van der Waals surface area contributed by atoms with Gasteiger partial charge in [0.25, 0.3) is 5.91 Å². The molecule has 5 rings (SSSR count). The van der Waals surface area contributed by atoms with Crippen LogP contribution < -0.4 is 15.4 Å². The molecule has 0 atom stereocenters. The summed E-state index contributed by atoms with van der Waals surface area (Å²) in [6.45, 7) is 1.74. The van der Waals surface area contributed by atoms with Crippen LogP contribution in [0.15, 0.2) is 75.0 Å². The number of amides is 1. The van der Waals surface area contributed by atoms with Crippen LogP contribution in [0.3, 0.4) is 0 Å². The van der Waals surface area contributed by atoms with Crippen molar-refractivity contribution < 1.29 is 9.53 Å². The SMILES string of the molecule is Cn1ccc(NC(=O)c2nc(Sc3nncn3C)ccc2Sc2ccc(OC3CNC3)cc2)n1. The minimum absolute atomic E-state index is 0.226. The Kier molecular flexibility index (Phi) is 6.52. The summed E-state index contributed by atoms with van der Waals surface area (Å²) in [6.07, 6.45) is 3.61. The van der Waals surface area contributed by atoms with Crippen molar-refractivity contribution in [2.75, 3.05) is 18.4 Å². The quantitative estimate of drug-likeness (QED) is 0.382. The van der Waals surface area contributed by atoms with Gasteiger partial charge in [0, 0.05) is 49.2 Å². The van der Waals surface area contributed by atoms with E-state index in [0.29, 0.717) is 21.7 Å². The van der Waals surface area contributed by atoms with Crippen molar-refractivity contribution in [3.63, 3.8) is 0 Å². The predicted molar refractivity (Wildman–Crippen MR) is 128 cm³/mol. The van der Waals surface area contributed by atoms with Gasteiger partial charge < -0.3 is 19.9 Å². The van der Waals surface area contributed by atoms with E-state index >= 15 is 0 Å². The highest BCUT2D eigenvalue weighted by Gasteiger charge is 2.20. The van der Waals surface area contributed by atoms with E-state index in [1.807, 2.05) is 43.4 Å². The van der Waals surface area contributed by atoms with E-state index in [-0.39, 0.29) is 12.0 Å². The average molecular weight is 495 g/mol. The molecule has 2 N–H and O–H groups in total. The number of hydrogen-bond acceptors (Lipinski definition) is 9. The van der Waals surface area contributed by atoms with Crippen LogP contribution in [0.4, 0.5) is 5.82 Å². The number of rotatable bonds is 8. The summed E-state index contributed by atoms with van der Waals surface area (Å²) in [5, 5.41) is 19.6. The summed E-state index contributed by atoms with van der Waals surface area (Å²) in [4.78, 5) is 19.5. The molecule has 1 fully saturated rings. The molecule has 1 aromatic carbocycles. The number of anilines is 1. The molecule has 3 aromatic heterocycles. The Bertz CT molecular complexity index is 1300. The second kappa shape index (κ2) is 9.87. The summed E-state index contributed by atoms with van der Waals surface area (Å²) < 4.78 is 9.31. The fraction of sp³-hybridized carbons (Fsp3) is 0.227. The summed E-state index contributed by atoms with van der Waals surface area (Å²) in [6, 6.07) is 13.4. The minimum Gasteiger partial charge on any atom is -0.488 e. The Morgan fingerprint density at radius 3 is 2.59 bits per heavy atom. The topological polar surface area (TPSA) is 112 Å². The van der Waals surface area contributed by atoms with Gasteiger partial charge in [0.2, 0.25) is 0 Å². The summed E-state index contributed by atoms with van der Waals surface area (Å²) in [5.41, 5.74) is 0.309. The van der Waals surface area contributed by atoms with Crippen LogP contribution in [0, 0.1) is 0 Å². The molecule has 1 aliphatic rings. The third-order valence-corrected chi connectivity index (χ3v) is 7.01. The zero-order valence-electron chi connectivity index (χ0n) is 18.5. The number of benzene rings is 1. The van der Waals surface area contributed by atoms with Crippen LogP contribution in [-0.4, -0.2) is 54.6 Å². The van der Waals surface area contributed by atoms with E-state index in [1.165, 1.54) is 23.5 Å². The van der Waals surface area contributed by atoms with Crippen LogP contribution in [0.2, 0.25) is 0 Å². The molecule has 0 aliphatic carbocycles. The average Bonchev–Trinajstić information content (AvgIpc) is 3.40. The van der Waals surface area contributed by atoms with Crippen molar-refractivity contribution in [2.45, 2.75) is 26.1 Å². The second-order valence-corrected chi connectivity index (χ2v) is 9.73. The van der Waals surface area contributed by atoms with Crippen LogP contribution in [0.1, 0.15) is 10.5 Å². The molecule has 0 bridgehead atoms. The number of aryl methyl sites for hydroxylation is 2. The first kappa shape index (κ1) is 22.4. The number of carbonyl (C=O) groups excluding carboxylic acids is 1. The number of nitrogens with one attached hydrogen (secondary N) is 2. The minimum atomic E-state index is -0.334. The molecule has 1 aliphatic heterocycles. The molecular formula is C22H22N8O2S2. The Balaban J connectivity index is 1.39. The van der Waals surface area contributed by atoms with Crippen molar-refractivity contribution in [3.8, 4) is 5.75 Å². The molecular weight excluding hydrogens is 472 g/mol. The Morgan fingerprint density at radius 1 is 1.12 bits per heavy atom. The highest BCUT2D eigenvalue weighted by atomic mass is 32.2. The highest BCUT2D eigenvalue weighted by molar-refractivity contribution is 7.99. The zero-order valence-corrected chi connectivity index (χ0v) is 20.1. The molecule has 4 heterocycles. The largest absolute Gasteiger partial charge is 0.488 e. The van der Waals surface area contributed by atoms with Crippen molar-refractivity contribution in [2.24, 2.45) is 14.1 Å². The molecule has 4 aromatic rings. The van der Waals surface area contributed by atoms with Crippen LogP contribution >= 0.6 is 23.5 Å². The zero-order chi connectivity index (χ0) is 23.5. The van der Waals surface area contributed by atoms with Gasteiger partial charge in [0.15, 0.2) is 11.0 Å². The van der Waals surface area contributed by atoms with Crippen molar-refractivity contribution in [1.82, 2.24) is 34.8 Å². The monoisotopic (exact) mass is 494 g/mol. The van der Waals surface area contributed by atoms with Gasteiger partial charge in [-0.2, -0.15) is 5.10 Å². The maximum absolute atomic E-state index is 13.2. The Hall–Kier alpha value is -3.35. The number of nitrogens with zero attached hydrogens (tertiary/aromatic N) is 6. The van der Waals surface area contributed by atoms with Crippen LogP contribution in [0.25, 0.3) is 0 Å². The number of carbonyl (C=O) groups is 1. The third kappa shape index (κ3) is 5.24. The predicted octanol–water partition coefficient (Wildman–Crippen LogP) is 2.85. The lowest BCUT2D eigenvalue weighted by Gasteiger charge is -2.27. The van der Waals surface area contributed by atoms with Gasteiger partial charge in [-0.05, 0) is 48.2 Å². The van der Waals surface area contributed by atoms with E-state index in [4.69, 9.17) is 4.74 Å². The summed E-state index contributed by atoms with van der Waals surface area (Å²) in [7, 11) is 3.65. The fourth-order valence-corrected chi connectivity index (χ4v) is 4.73. The summed E-state index contributed by atoms with van der Waals surface area (Å²) in [5.74, 6) is 0.958. The lowest BCUT2D eigenvalue weighted by atomic mass is 10.2. The number of hydrogen-bond donors (Lipinski definition) is 2. The first-order valence-corrected chi connectivity index (χ1v) is 12.2. The van der Waals surface area contributed by atoms with Gasteiger partial charge in [-0.15, -0.1) is 10.2 Å². The van der Waals surface area contributed by atoms with Gasteiger partial charge in [-0.25, -0.2) is 4.98 Å². The van der Waals surface area contributed by atoms with E-state index in [9.17, 15) is 4.79 Å². The molecule has 0 radical (unpaired) electrons. The second-order valence-electron chi connectivity index (χ2n) is 7.62. The maximum Gasteiger partial charge on any atom is 0.276 e. The smallest absolute Gasteiger partial charge is 0.276 e. The van der Waals surface area contributed by atoms with E-state index in [1.54, 1.807) is 34.9 Å². The van der Waals surface area contributed by atoms with Crippen molar-refractivity contribution in [3.05, 3.63) is 60.7 Å². The normalized spacial score (nSPS) is 13.5. The van der Waals surface area contributed by atoms with Gasteiger partial charge >= 0.3 is 0 Å². The Labute approximate surface area is 204 Å². The maximum atomic E-state index is 13.2. The van der Waals surface area contributed by atoms with E-state index in [0.717, 1.165) is 28.6 Å². The van der Waals surface area contributed by atoms with Gasteiger partial charge in [-0.1, -0.05) is 11.8 Å². The molecule has 1 saturated heterocycles. The van der Waals surface area contributed by atoms with Crippen LogP contribution in [0.5, 0.6) is 5.75 Å². The number of ether oxygens (including phenoxy) is 1. The standard InChI is InChI=1S/C22H22N8O2S2/c1-29-13-24-27-22(29)34-19-8-7-17(20(26-19)21(31)25-18-9-10-30(2)28-18)33-16-5-3-14(4-6-16)32-15-11-23-12-15/h3-10,13,15,23H,11-12H2,1-2H3,(H,25,28,31). The first-order chi connectivity index (χ1) is 16.5. The van der Waals surface area contributed by atoms with Crippen molar-refractivity contribution >= 4 is 35.2 Å².